The predicted molar refractivity (Wildman–Crippen MR) is 123 cm³/mol. The van der Waals surface area contributed by atoms with Gasteiger partial charge in [-0.15, -0.1) is 0 Å². The lowest BCUT2D eigenvalue weighted by Crippen LogP contribution is -2.42. The number of likely N-dealkylation sites (tertiary alicyclic amines) is 1. The highest BCUT2D eigenvalue weighted by atomic mass is 16.6. The Balaban J connectivity index is 1.43. The molecule has 9 nitrogen and oxygen atoms in total. The number of nitro groups is 1. The second-order valence-corrected chi connectivity index (χ2v) is 8.26. The second-order valence-electron chi connectivity index (χ2n) is 8.26. The average molecular weight is 447 g/mol. The molecule has 1 aliphatic heterocycles. The summed E-state index contributed by atoms with van der Waals surface area (Å²) in [7, 11) is 1.69. The van der Waals surface area contributed by atoms with Crippen molar-refractivity contribution >= 4 is 23.1 Å². The molecule has 33 heavy (non-hydrogen) atoms. The van der Waals surface area contributed by atoms with Crippen LogP contribution in [0.25, 0.3) is 0 Å². The van der Waals surface area contributed by atoms with Gasteiger partial charge in [0.2, 0.25) is 5.78 Å². The number of hydrogen-bond acceptors (Lipinski definition) is 6. The molecule has 0 saturated carbocycles. The van der Waals surface area contributed by atoms with Crippen LogP contribution in [0, 0.1) is 17.0 Å². The summed E-state index contributed by atoms with van der Waals surface area (Å²) in [5.41, 5.74) is 2.17. The molecule has 2 aromatic carbocycles. The van der Waals surface area contributed by atoms with Gasteiger partial charge in [-0.25, -0.2) is 4.98 Å². The number of aryl methyl sites for hydroxylation is 2. The summed E-state index contributed by atoms with van der Waals surface area (Å²) in [5, 5.41) is 14.9. The van der Waals surface area contributed by atoms with E-state index in [2.05, 4.69) is 10.3 Å². The topological polar surface area (TPSA) is 110 Å². The Kier molecular flexibility index (Phi) is 6.21. The zero-order chi connectivity index (χ0) is 23.5. The van der Waals surface area contributed by atoms with Crippen molar-refractivity contribution < 1.29 is 14.5 Å². The third kappa shape index (κ3) is 4.77. The lowest BCUT2D eigenvalue weighted by Gasteiger charge is -2.33. The number of ketones is 1. The number of benzene rings is 2. The van der Waals surface area contributed by atoms with Crippen molar-refractivity contribution in [1.82, 2.24) is 14.5 Å². The number of anilines is 1. The maximum Gasteiger partial charge on any atom is 0.293 e. The summed E-state index contributed by atoms with van der Waals surface area (Å²) in [6.07, 6.45) is 4.49. The van der Waals surface area contributed by atoms with Crippen LogP contribution in [0.1, 0.15) is 44.9 Å². The summed E-state index contributed by atoms with van der Waals surface area (Å²) in [4.78, 5) is 42.4. The first-order valence-electron chi connectivity index (χ1n) is 10.8. The average Bonchev–Trinajstić information content (AvgIpc) is 3.25. The van der Waals surface area contributed by atoms with Gasteiger partial charge in [-0.05, 0) is 44.0 Å². The number of aromatic nitrogens is 2. The van der Waals surface area contributed by atoms with Gasteiger partial charge in [-0.1, -0.05) is 17.7 Å². The van der Waals surface area contributed by atoms with Crippen LogP contribution in [0.5, 0.6) is 0 Å². The lowest BCUT2D eigenvalue weighted by molar-refractivity contribution is -0.384. The SMILES string of the molecule is Cc1ccc(C(=O)N2CCC(Nc3ccc(C(=O)c4nccn4C)cc3[N+](=O)[O-])CC2)cc1. The van der Waals surface area contributed by atoms with Crippen molar-refractivity contribution in [2.75, 3.05) is 18.4 Å². The number of piperidine rings is 1. The quantitative estimate of drug-likeness (QED) is 0.351. The van der Waals surface area contributed by atoms with Gasteiger partial charge in [0.1, 0.15) is 5.69 Å². The summed E-state index contributed by atoms with van der Waals surface area (Å²) in [6.45, 7) is 3.10. The van der Waals surface area contributed by atoms with Gasteiger partial charge in [-0.3, -0.25) is 19.7 Å². The molecule has 0 aliphatic carbocycles. The first-order valence-corrected chi connectivity index (χ1v) is 10.8. The van der Waals surface area contributed by atoms with E-state index in [-0.39, 0.29) is 34.8 Å². The number of nitro benzene ring substituents is 1. The number of carbonyl (C=O) groups excluding carboxylic acids is 2. The third-order valence-electron chi connectivity index (χ3n) is 5.92. The first-order chi connectivity index (χ1) is 15.8. The Labute approximate surface area is 191 Å². The third-order valence-corrected chi connectivity index (χ3v) is 5.92. The van der Waals surface area contributed by atoms with Gasteiger partial charge in [0.25, 0.3) is 11.6 Å². The van der Waals surface area contributed by atoms with E-state index in [1.54, 1.807) is 29.9 Å². The van der Waals surface area contributed by atoms with E-state index in [0.717, 1.165) is 5.56 Å². The molecular formula is C24H25N5O4. The number of amides is 1. The molecule has 1 aromatic heterocycles. The summed E-state index contributed by atoms with van der Waals surface area (Å²) in [5.74, 6) is -0.160. The molecule has 2 heterocycles. The molecule has 1 saturated heterocycles. The van der Waals surface area contributed by atoms with Gasteiger partial charge >= 0.3 is 0 Å². The van der Waals surface area contributed by atoms with Crippen molar-refractivity contribution in [3.8, 4) is 0 Å². The summed E-state index contributed by atoms with van der Waals surface area (Å²) in [6, 6.07) is 11.9. The minimum absolute atomic E-state index is 0.00317. The van der Waals surface area contributed by atoms with E-state index < -0.39 is 4.92 Å². The van der Waals surface area contributed by atoms with Gasteiger partial charge in [-0.2, -0.15) is 0 Å². The first kappa shape index (κ1) is 22.2. The van der Waals surface area contributed by atoms with Gasteiger partial charge in [0, 0.05) is 55.8 Å². The molecule has 9 heteroatoms. The highest BCUT2D eigenvalue weighted by Gasteiger charge is 2.26. The molecule has 0 atom stereocenters. The standard InChI is InChI=1S/C24H25N5O4/c1-16-3-5-17(6-4-16)24(31)28-12-9-19(10-13-28)26-20-8-7-18(15-21(20)29(32)33)22(30)23-25-11-14-27(23)2/h3-8,11,14-15,19,26H,9-10,12-13H2,1-2H3. The minimum Gasteiger partial charge on any atom is -0.377 e. The zero-order valence-corrected chi connectivity index (χ0v) is 18.5. The molecule has 3 aromatic rings. The largest absolute Gasteiger partial charge is 0.377 e. The van der Waals surface area contributed by atoms with E-state index in [1.165, 1.54) is 12.3 Å². The molecule has 4 rings (SSSR count). The monoisotopic (exact) mass is 447 g/mol. The van der Waals surface area contributed by atoms with E-state index >= 15 is 0 Å². The maximum atomic E-state index is 12.7. The zero-order valence-electron chi connectivity index (χ0n) is 18.5. The Morgan fingerprint density at radius 2 is 1.76 bits per heavy atom. The molecule has 1 fully saturated rings. The Morgan fingerprint density at radius 3 is 2.36 bits per heavy atom. The van der Waals surface area contributed by atoms with Crippen molar-refractivity contribution in [3.05, 3.63) is 87.5 Å². The fourth-order valence-corrected chi connectivity index (χ4v) is 3.99. The van der Waals surface area contributed by atoms with Crippen LogP contribution in [0.4, 0.5) is 11.4 Å². The molecular weight excluding hydrogens is 422 g/mol. The molecule has 1 amide bonds. The molecule has 1 N–H and O–H groups in total. The van der Waals surface area contributed by atoms with Crippen molar-refractivity contribution in [3.63, 3.8) is 0 Å². The van der Waals surface area contributed by atoms with E-state index in [0.29, 0.717) is 37.2 Å². The molecule has 0 unspecified atom stereocenters. The van der Waals surface area contributed by atoms with E-state index in [9.17, 15) is 19.7 Å². The molecule has 0 bridgehead atoms. The molecule has 0 radical (unpaired) electrons. The Bertz CT molecular complexity index is 1190. The van der Waals surface area contributed by atoms with Crippen LogP contribution >= 0.6 is 0 Å². The molecule has 1 aliphatic rings. The van der Waals surface area contributed by atoms with Crippen LogP contribution in [-0.4, -0.2) is 50.2 Å². The van der Waals surface area contributed by atoms with Crippen LogP contribution in [0.2, 0.25) is 0 Å². The number of nitrogens with zero attached hydrogens (tertiary/aromatic N) is 4. The Morgan fingerprint density at radius 1 is 1.09 bits per heavy atom. The van der Waals surface area contributed by atoms with Crippen LogP contribution in [0.3, 0.4) is 0 Å². The minimum atomic E-state index is -0.492. The van der Waals surface area contributed by atoms with E-state index in [1.807, 2.05) is 36.1 Å². The highest BCUT2D eigenvalue weighted by Crippen LogP contribution is 2.29. The smallest absolute Gasteiger partial charge is 0.293 e. The van der Waals surface area contributed by atoms with Gasteiger partial charge < -0.3 is 14.8 Å². The number of hydrogen-bond donors (Lipinski definition) is 1. The van der Waals surface area contributed by atoms with E-state index in [4.69, 9.17) is 0 Å². The normalized spacial score (nSPS) is 14.2. The number of imidazole rings is 1. The van der Waals surface area contributed by atoms with Crippen molar-refractivity contribution in [2.45, 2.75) is 25.8 Å². The lowest BCUT2D eigenvalue weighted by atomic mass is 10.0. The van der Waals surface area contributed by atoms with Crippen LogP contribution in [0.15, 0.2) is 54.9 Å². The summed E-state index contributed by atoms with van der Waals surface area (Å²) < 4.78 is 1.58. The van der Waals surface area contributed by atoms with Crippen LogP contribution < -0.4 is 5.32 Å². The number of carbonyl (C=O) groups is 2. The van der Waals surface area contributed by atoms with Crippen molar-refractivity contribution in [1.29, 1.82) is 0 Å². The predicted octanol–water partition coefficient (Wildman–Crippen LogP) is 3.58. The summed E-state index contributed by atoms with van der Waals surface area (Å²) >= 11 is 0. The highest BCUT2D eigenvalue weighted by molar-refractivity contribution is 6.07. The second kappa shape index (κ2) is 9.23. The number of nitrogens with one attached hydrogen (secondary N) is 1. The number of rotatable bonds is 6. The fourth-order valence-electron chi connectivity index (χ4n) is 3.99. The van der Waals surface area contributed by atoms with Crippen LogP contribution in [-0.2, 0) is 7.05 Å². The van der Waals surface area contributed by atoms with Gasteiger partial charge in [0.15, 0.2) is 5.82 Å². The molecule has 0 spiro atoms. The van der Waals surface area contributed by atoms with Crippen molar-refractivity contribution in [2.24, 2.45) is 7.05 Å². The van der Waals surface area contributed by atoms with Gasteiger partial charge in [0.05, 0.1) is 4.92 Å². The molecule has 170 valence electrons. The Hall–Kier alpha value is -4.01. The fraction of sp³-hybridized carbons (Fsp3) is 0.292. The maximum absolute atomic E-state index is 12.7.